The van der Waals surface area contributed by atoms with Crippen molar-refractivity contribution < 1.29 is 9.00 Å². The molecule has 7 heteroatoms. The maximum Gasteiger partial charge on any atom is 0.258 e. The first-order valence-corrected chi connectivity index (χ1v) is 7.70. The molecule has 0 saturated carbocycles. The van der Waals surface area contributed by atoms with E-state index in [1.165, 1.54) is 10.8 Å². The smallest absolute Gasteiger partial charge is 0.258 e. The Labute approximate surface area is 128 Å². The molecule has 0 fully saturated rings. The summed E-state index contributed by atoms with van der Waals surface area (Å²) in [7, 11) is -1.56. The van der Waals surface area contributed by atoms with Crippen LogP contribution in [0.1, 0.15) is 0 Å². The molecule has 0 saturated heterocycles. The fourth-order valence-electron chi connectivity index (χ4n) is 2.43. The van der Waals surface area contributed by atoms with Crippen LogP contribution in [0.4, 0.5) is 0 Å². The largest absolute Gasteiger partial charge is 0.269 e. The summed E-state index contributed by atoms with van der Waals surface area (Å²) in [4.78, 5) is 15.6. The molecule has 2 aromatic heterocycles. The first-order chi connectivity index (χ1) is 10.7. The topological polar surface area (TPSA) is 76.9 Å². The van der Waals surface area contributed by atoms with Gasteiger partial charge in [-0.15, -0.1) is 0 Å². The molecule has 1 N–H and O–H groups in total. The Hall–Kier alpha value is -2.80. The Morgan fingerprint density at radius 3 is 2.91 bits per heavy atom. The fraction of sp³-hybridized carbons (Fsp3) is 0. The molecule has 3 heterocycles. The number of fused-ring (bicyclic) bond motifs is 1. The molecule has 108 valence electrons. The van der Waals surface area contributed by atoms with Gasteiger partial charge in [0.05, 0.1) is 11.7 Å². The fourth-order valence-corrected chi connectivity index (χ4v) is 3.26. The van der Waals surface area contributed by atoms with E-state index in [1.807, 2.05) is 30.3 Å². The number of pyridine rings is 1. The molecular formula is C15H10N4O2S. The van der Waals surface area contributed by atoms with E-state index in [4.69, 9.17) is 0 Å². The highest BCUT2D eigenvalue weighted by atomic mass is 32.2. The summed E-state index contributed by atoms with van der Waals surface area (Å²) in [6.45, 7) is 0. The highest BCUT2D eigenvalue weighted by Gasteiger charge is 2.22. The number of aromatic nitrogens is 3. The van der Waals surface area contributed by atoms with Crippen LogP contribution in [-0.4, -0.2) is 24.9 Å². The van der Waals surface area contributed by atoms with Crippen molar-refractivity contribution in [3.05, 3.63) is 55.0 Å². The molecule has 0 spiro atoms. The number of carbonyl (C=O) groups excluding carboxylic acids is 1. The van der Waals surface area contributed by atoms with Crippen LogP contribution in [0.5, 0.6) is 0 Å². The zero-order valence-corrected chi connectivity index (χ0v) is 12.1. The van der Waals surface area contributed by atoms with Gasteiger partial charge in [-0.2, -0.15) is 5.10 Å². The van der Waals surface area contributed by atoms with Gasteiger partial charge >= 0.3 is 0 Å². The third kappa shape index (κ3) is 2.03. The van der Waals surface area contributed by atoms with Crippen molar-refractivity contribution in [1.82, 2.24) is 19.5 Å². The van der Waals surface area contributed by atoms with E-state index in [2.05, 4.69) is 14.8 Å². The molecule has 1 amide bonds. The molecule has 1 aromatic carbocycles. The molecule has 0 bridgehead atoms. The Bertz CT molecular complexity index is 956. The number of hydrogen-bond acceptors (Lipinski definition) is 4. The number of amides is 1. The molecule has 0 radical (unpaired) electrons. The van der Waals surface area contributed by atoms with E-state index in [0.29, 0.717) is 5.03 Å². The Kier molecular flexibility index (Phi) is 2.87. The molecular weight excluding hydrogens is 300 g/mol. The van der Waals surface area contributed by atoms with Crippen molar-refractivity contribution in [1.29, 1.82) is 0 Å². The number of nitrogens with one attached hydrogen (secondary N) is 1. The SMILES string of the molecule is O=C1C=C(n2cc(-c3cccc4ncccc34)cn2)S(=O)N1. The van der Waals surface area contributed by atoms with Gasteiger partial charge in [-0.3, -0.25) is 14.5 Å². The summed E-state index contributed by atoms with van der Waals surface area (Å²) >= 11 is 0. The van der Waals surface area contributed by atoms with Crippen molar-refractivity contribution in [3.8, 4) is 11.1 Å². The van der Waals surface area contributed by atoms with Crippen LogP contribution in [0.3, 0.4) is 0 Å². The van der Waals surface area contributed by atoms with E-state index in [0.717, 1.165) is 22.0 Å². The van der Waals surface area contributed by atoms with Crippen LogP contribution in [0.25, 0.3) is 27.1 Å². The number of benzene rings is 1. The van der Waals surface area contributed by atoms with Crippen LogP contribution in [-0.2, 0) is 15.8 Å². The molecule has 4 rings (SSSR count). The zero-order valence-electron chi connectivity index (χ0n) is 11.3. The molecule has 1 aliphatic heterocycles. The number of hydrogen-bond donors (Lipinski definition) is 1. The molecule has 1 aliphatic rings. The second kappa shape index (κ2) is 4.88. The van der Waals surface area contributed by atoms with E-state index in [1.54, 1.807) is 18.6 Å². The van der Waals surface area contributed by atoms with Gasteiger partial charge in [0, 0.05) is 29.4 Å². The van der Waals surface area contributed by atoms with Crippen molar-refractivity contribution in [3.63, 3.8) is 0 Å². The van der Waals surface area contributed by atoms with E-state index < -0.39 is 11.0 Å². The van der Waals surface area contributed by atoms with Gasteiger partial charge in [-0.1, -0.05) is 18.2 Å². The predicted octanol–water partition coefficient (Wildman–Crippen LogP) is 1.69. The third-order valence-corrected chi connectivity index (χ3v) is 4.47. The van der Waals surface area contributed by atoms with Crippen molar-refractivity contribution >= 4 is 32.8 Å². The Morgan fingerprint density at radius 2 is 2.09 bits per heavy atom. The van der Waals surface area contributed by atoms with Gasteiger partial charge < -0.3 is 0 Å². The van der Waals surface area contributed by atoms with Crippen LogP contribution in [0, 0.1) is 0 Å². The lowest BCUT2D eigenvalue weighted by molar-refractivity contribution is -0.114. The summed E-state index contributed by atoms with van der Waals surface area (Å²) < 4.78 is 15.6. The summed E-state index contributed by atoms with van der Waals surface area (Å²) in [5.41, 5.74) is 2.75. The van der Waals surface area contributed by atoms with Gasteiger partial charge in [0.15, 0.2) is 16.0 Å². The normalized spacial score (nSPS) is 17.5. The number of carbonyl (C=O) groups is 1. The van der Waals surface area contributed by atoms with E-state index in [-0.39, 0.29) is 5.91 Å². The predicted molar refractivity (Wildman–Crippen MR) is 83.5 cm³/mol. The van der Waals surface area contributed by atoms with Crippen LogP contribution >= 0.6 is 0 Å². The third-order valence-electron chi connectivity index (χ3n) is 3.40. The molecule has 3 aromatic rings. The first kappa shape index (κ1) is 12.9. The minimum absolute atomic E-state index is 0.328. The second-order valence-corrected chi connectivity index (χ2v) is 5.93. The lowest BCUT2D eigenvalue weighted by atomic mass is 10.0. The standard InChI is InChI=1S/C15H10N4O2S/c20-14-7-15(22(21)18-14)19-9-10(8-17-19)11-3-1-5-13-12(11)4-2-6-16-13/h1-9H,(H,18,20). The molecule has 22 heavy (non-hydrogen) atoms. The minimum Gasteiger partial charge on any atom is -0.269 e. The lowest BCUT2D eigenvalue weighted by Crippen LogP contribution is -2.17. The summed E-state index contributed by atoms with van der Waals surface area (Å²) in [5.74, 6) is -0.375. The molecule has 0 aliphatic carbocycles. The highest BCUT2D eigenvalue weighted by Crippen LogP contribution is 2.28. The van der Waals surface area contributed by atoms with Crippen molar-refractivity contribution in [2.24, 2.45) is 0 Å². The average Bonchev–Trinajstić information content (AvgIpc) is 3.13. The Morgan fingerprint density at radius 1 is 1.18 bits per heavy atom. The van der Waals surface area contributed by atoms with Gasteiger partial charge in [0.2, 0.25) is 0 Å². The molecule has 1 atom stereocenters. The van der Waals surface area contributed by atoms with Gasteiger partial charge in [-0.05, 0) is 17.7 Å². The maximum absolute atomic E-state index is 11.8. The van der Waals surface area contributed by atoms with Crippen LogP contribution < -0.4 is 4.72 Å². The lowest BCUT2D eigenvalue weighted by Gasteiger charge is -2.03. The number of nitrogens with zero attached hydrogens (tertiary/aromatic N) is 3. The number of rotatable bonds is 2. The zero-order chi connectivity index (χ0) is 15.1. The van der Waals surface area contributed by atoms with Crippen molar-refractivity contribution in [2.45, 2.75) is 0 Å². The molecule has 1 unspecified atom stereocenters. The summed E-state index contributed by atoms with van der Waals surface area (Å²) in [6, 6.07) is 9.73. The van der Waals surface area contributed by atoms with Gasteiger partial charge in [0.1, 0.15) is 0 Å². The summed E-state index contributed by atoms with van der Waals surface area (Å²) in [6.07, 6.45) is 6.48. The average molecular weight is 310 g/mol. The van der Waals surface area contributed by atoms with E-state index >= 15 is 0 Å². The van der Waals surface area contributed by atoms with Crippen molar-refractivity contribution in [2.75, 3.05) is 0 Å². The van der Waals surface area contributed by atoms with Gasteiger partial charge in [0.25, 0.3) is 5.91 Å². The Balaban J connectivity index is 1.83. The van der Waals surface area contributed by atoms with E-state index in [9.17, 15) is 9.00 Å². The van der Waals surface area contributed by atoms with Crippen LogP contribution in [0.15, 0.2) is 55.0 Å². The summed E-state index contributed by atoms with van der Waals surface area (Å²) in [5, 5.41) is 5.55. The van der Waals surface area contributed by atoms with Gasteiger partial charge in [-0.25, -0.2) is 8.89 Å². The van der Waals surface area contributed by atoms with Crippen LogP contribution in [0.2, 0.25) is 0 Å². The molecule has 6 nitrogen and oxygen atoms in total. The minimum atomic E-state index is -1.56. The first-order valence-electron chi connectivity index (χ1n) is 6.55. The second-order valence-electron chi connectivity index (χ2n) is 4.77. The quantitative estimate of drug-likeness (QED) is 0.781. The maximum atomic E-state index is 11.8. The monoisotopic (exact) mass is 310 g/mol. The highest BCUT2D eigenvalue weighted by molar-refractivity contribution is 7.93.